The standard InChI is InChI=1S/C18H22N2O4S/c21-17(19-14-8-9-25(22,23)11-14)13-6-7-15-16(10-13)24-18(20-15)12-4-2-1-3-5-12/h6-7,10,12,14H,1-5,8-9,11H2,(H,19,21). The van der Waals surface area contributed by atoms with Gasteiger partial charge in [-0.3, -0.25) is 4.79 Å². The van der Waals surface area contributed by atoms with Crippen molar-refractivity contribution >= 4 is 26.8 Å². The zero-order valence-electron chi connectivity index (χ0n) is 14.0. The lowest BCUT2D eigenvalue weighted by Crippen LogP contribution is -2.35. The summed E-state index contributed by atoms with van der Waals surface area (Å²) in [5.74, 6) is 1.05. The van der Waals surface area contributed by atoms with Gasteiger partial charge in [0.05, 0.1) is 11.5 Å². The highest BCUT2D eigenvalue weighted by Gasteiger charge is 2.29. The largest absolute Gasteiger partial charge is 0.440 e. The number of nitrogens with one attached hydrogen (secondary N) is 1. The van der Waals surface area contributed by atoms with Crippen molar-refractivity contribution in [3.05, 3.63) is 29.7 Å². The second-order valence-corrected chi connectivity index (χ2v) is 9.37. The molecule has 1 aromatic heterocycles. The van der Waals surface area contributed by atoms with E-state index in [1.54, 1.807) is 18.2 Å². The average Bonchev–Trinajstić information content (AvgIpc) is 3.17. The van der Waals surface area contributed by atoms with Crippen LogP contribution in [0.2, 0.25) is 0 Å². The summed E-state index contributed by atoms with van der Waals surface area (Å²) in [6.45, 7) is 0. The Balaban J connectivity index is 1.51. The summed E-state index contributed by atoms with van der Waals surface area (Å²) >= 11 is 0. The number of oxazole rings is 1. The molecule has 1 aliphatic carbocycles. The second kappa shape index (κ2) is 6.44. The first-order valence-electron chi connectivity index (χ1n) is 8.92. The number of fused-ring (bicyclic) bond motifs is 1. The number of nitrogens with zero attached hydrogens (tertiary/aromatic N) is 1. The molecule has 1 N–H and O–H groups in total. The maximum atomic E-state index is 12.4. The van der Waals surface area contributed by atoms with Gasteiger partial charge in [0, 0.05) is 17.5 Å². The third-order valence-electron chi connectivity index (χ3n) is 5.19. The number of aromatic nitrogens is 1. The predicted octanol–water partition coefficient (Wildman–Crippen LogP) is 2.79. The molecule has 2 heterocycles. The van der Waals surface area contributed by atoms with Crippen LogP contribution in [0.3, 0.4) is 0 Å². The van der Waals surface area contributed by atoms with E-state index in [0.29, 0.717) is 23.5 Å². The lowest BCUT2D eigenvalue weighted by molar-refractivity contribution is 0.0941. The number of sulfone groups is 1. The van der Waals surface area contributed by atoms with Crippen LogP contribution >= 0.6 is 0 Å². The van der Waals surface area contributed by atoms with E-state index >= 15 is 0 Å². The topological polar surface area (TPSA) is 89.3 Å². The molecule has 2 aromatic rings. The highest BCUT2D eigenvalue weighted by molar-refractivity contribution is 7.91. The molecule has 1 unspecified atom stereocenters. The normalized spacial score (nSPS) is 23.8. The zero-order chi connectivity index (χ0) is 17.4. The van der Waals surface area contributed by atoms with Gasteiger partial charge in [0.25, 0.3) is 5.91 Å². The third-order valence-corrected chi connectivity index (χ3v) is 6.96. The fourth-order valence-corrected chi connectivity index (χ4v) is 5.46. The van der Waals surface area contributed by atoms with Gasteiger partial charge in [-0.1, -0.05) is 19.3 Å². The minimum absolute atomic E-state index is 0.0229. The molecular formula is C18H22N2O4S. The van der Waals surface area contributed by atoms with E-state index in [0.717, 1.165) is 24.2 Å². The molecule has 2 fully saturated rings. The van der Waals surface area contributed by atoms with Gasteiger partial charge in [0.1, 0.15) is 5.52 Å². The van der Waals surface area contributed by atoms with Crippen molar-refractivity contribution in [2.75, 3.05) is 11.5 Å². The van der Waals surface area contributed by atoms with Crippen molar-refractivity contribution in [3.8, 4) is 0 Å². The fraction of sp³-hybridized carbons (Fsp3) is 0.556. The monoisotopic (exact) mass is 362 g/mol. The van der Waals surface area contributed by atoms with E-state index in [9.17, 15) is 13.2 Å². The van der Waals surface area contributed by atoms with E-state index in [1.807, 2.05) is 0 Å². The molecule has 1 saturated carbocycles. The number of amides is 1. The molecular weight excluding hydrogens is 340 g/mol. The van der Waals surface area contributed by atoms with Crippen LogP contribution in [0.25, 0.3) is 11.1 Å². The first-order chi connectivity index (χ1) is 12.0. The lowest BCUT2D eigenvalue weighted by Gasteiger charge is -2.17. The molecule has 4 rings (SSSR count). The molecule has 6 nitrogen and oxygen atoms in total. The Bertz CT molecular complexity index is 897. The number of hydrogen-bond donors (Lipinski definition) is 1. The number of carbonyl (C=O) groups excluding carboxylic acids is 1. The van der Waals surface area contributed by atoms with Gasteiger partial charge in [-0.25, -0.2) is 13.4 Å². The van der Waals surface area contributed by atoms with Crippen LogP contribution in [0.15, 0.2) is 22.6 Å². The summed E-state index contributed by atoms with van der Waals surface area (Å²) < 4.78 is 28.9. The third kappa shape index (κ3) is 3.56. The maximum absolute atomic E-state index is 12.4. The summed E-state index contributed by atoms with van der Waals surface area (Å²) in [4.78, 5) is 17.0. The smallest absolute Gasteiger partial charge is 0.251 e. The first kappa shape index (κ1) is 16.6. The molecule has 1 aromatic carbocycles. The summed E-state index contributed by atoms with van der Waals surface area (Å²) in [6.07, 6.45) is 6.39. The molecule has 2 aliphatic rings. The number of carbonyl (C=O) groups is 1. The van der Waals surface area contributed by atoms with Gasteiger partial charge in [-0.15, -0.1) is 0 Å². The van der Waals surface area contributed by atoms with Crippen LogP contribution in [0.1, 0.15) is 60.7 Å². The van der Waals surface area contributed by atoms with Crippen LogP contribution in [-0.2, 0) is 9.84 Å². The van der Waals surface area contributed by atoms with Crippen LogP contribution in [0.5, 0.6) is 0 Å². The molecule has 0 bridgehead atoms. The highest BCUT2D eigenvalue weighted by Crippen LogP contribution is 2.33. The SMILES string of the molecule is O=C(NC1CCS(=O)(=O)C1)c1ccc2nc(C3CCCCC3)oc2c1. The molecule has 0 spiro atoms. The Morgan fingerprint density at radius 3 is 2.68 bits per heavy atom. The van der Waals surface area contributed by atoms with Gasteiger partial charge in [0.15, 0.2) is 21.3 Å². The first-order valence-corrected chi connectivity index (χ1v) is 10.7. The predicted molar refractivity (Wildman–Crippen MR) is 94.4 cm³/mol. The van der Waals surface area contributed by atoms with Crippen molar-refractivity contribution in [1.29, 1.82) is 0 Å². The maximum Gasteiger partial charge on any atom is 0.251 e. The molecule has 1 aliphatic heterocycles. The number of benzene rings is 1. The van der Waals surface area contributed by atoms with E-state index < -0.39 is 9.84 Å². The van der Waals surface area contributed by atoms with E-state index in [1.165, 1.54) is 19.3 Å². The minimum Gasteiger partial charge on any atom is -0.440 e. The summed E-state index contributed by atoms with van der Waals surface area (Å²) in [5, 5.41) is 2.81. The van der Waals surface area contributed by atoms with Gasteiger partial charge >= 0.3 is 0 Å². The van der Waals surface area contributed by atoms with Crippen LogP contribution < -0.4 is 5.32 Å². The van der Waals surface area contributed by atoms with Crippen molar-refractivity contribution in [2.24, 2.45) is 0 Å². The van der Waals surface area contributed by atoms with E-state index in [2.05, 4.69) is 10.3 Å². The van der Waals surface area contributed by atoms with Crippen LogP contribution in [0.4, 0.5) is 0 Å². The molecule has 25 heavy (non-hydrogen) atoms. The number of hydrogen-bond acceptors (Lipinski definition) is 5. The van der Waals surface area contributed by atoms with Crippen molar-refractivity contribution in [1.82, 2.24) is 10.3 Å². The minimum atomic E-state index is -3.01. The second-order valence-electron chi connectivity index (χ2n) is 7.14. The van der Waals surface area contributed by atoms with Gasteiger partial charge < -0.3 is 9.73 Å². The fourth-order valence-electron chi connectivity index (χ4n) is 3.79. The molecule has 1 amide bonds. The van der Waals surface area contributed by atoms with Crippen molar-refractivity contribution in [2.45, 2.75) is 50.5 Å². The molecule has 1 saturated heterocycles. The van der Waals surface area contributed by atoms with Gasteiger partial charge in [0.2, 0.25) is 0 Å². The van der Waals surface area contributed by atoms with Gasteiger partial charge in [-0.2, -0.15) is 0 Å². The Morgan fingerprint density at radius 2 is 1.96 bits per heavy atom. The Hall–Kier alpha value is -1.89. The zero-order valence-corrected chi connectivity index (χ0v) is 14.8. The molecule has 1 atom stereocenters. The van der Waals surface area contributed by atoms with Crippen LogP contribution in [0, 0.1) is 0 Å². The average molecular weight is 362 g/mol. The Morgan fingerprint density at radius 1 is 1.16 bits per heavy atom. The Kier molecular flexibility index (Phi) is 4.27. The highest BCUT2D eigenvalue weighted by atomic mass is 32.2. The van der Waals surface area contributed by atoms with E-state index in [4.69, 9.17) is 4.42 Å². The van der Waals surface area contributed by atoms with Crippen molar-refractivity contribution in [3.63, 3.8) is 0 Å². The van der Waals surface area contributed by atoms with Crippen molar-refractivity contribution < 1.29 is 17.6 Å². The summed E-state index contributed by atoms with van der Waals surface area (Å²) in [6, 6.07) is 4.91. The van der Waals surface area contributed by atoms with Crippen LogP contribution in [-0.4, -0.2) is 36.9 Å². The molecule has 134 valence electrons. The molecule has 7 heteroatoms. The Labute approximate surface area is 146 Å². The van der Waals surface area contributed by atoms with Gasteiger partial charge in [-0.05, 0) is 37.5 Å². The summed E-state index contributed by atoms with van der Waals surface area (Å²) in [7, 11) is -3.01. The number of rotatable bonds is 3. The molecule has 0 radical (unpaired) electrons. The van der Waals surface area contributed by atoms with E-state index in [-0.39, 0.29) is 23.5 Å². The summed E-state index contributed by atoms with van der Waals surface area (Å²) in [5.41, 5.74) is 1.86. The quantitative estimate of drug-likeness (QED) is 0.907. The lowest BCUT2D eigenvalue weighted by atomic mass is 9.89.